The van der Waals surface area contributed by atoms with Crippen LogP contribution in [0, 0.1) is 5.82 Å². The summed E-state index contributed by atoms with van der Waals surface area (Å²) in [5.41, 5.74) is 1.34. The number of nitrogens with zero attached hydrogens (tertiary/aromatic N) is 1. The molecule has 0 saturated heterocycles. The molecule has 2 aromatic rings. The number of nitrogens with two attached hydrogens (primary N) is 1. The van der Waals surface area contributed by atoms with E-state index in [1.54, 1.807) is 25.2 Å². The van der Waals surface area contributed by atoms with E-state index in [-0.39, 0.29) is 16.1 Å². The largest absolute Gasteiger partial charge is 0.356 e. The molecule has 0 atom stereocenters. The Bertz CT molecular complexity index is 960. The van der Waals surface area contributed by atoms with Crippen molar-refractivity contribution in [3.63, 3.8) is 0 Å². The van der Waals surface area contributed by atoms with E-state index in [0.29, 0.717) is 24.1 Å². The summed E-state index contributed by atoms with van der Waals surface area (Å²) in [6.07, 6.45) is 0. The SMILES string of the molecule is CN=C(NCc1ccc(S(N)(=O)=O)cc1)NCC(C)(C)c1ccc(F)cc1Cl. The van der Waals surface area contributed by atoms with Gasteiger partial charge in [0.1, 0.15) is 5.82 Å². The van der Waals surface area contributed by atoms with Crippen molar-refractivity contribution in [2.45, 2.75) is 30.7 Å². The van der Waals surface area contributed by atoms with Gasteiger partial charge in [-0.25, -0.2) is 17.9 Å². The highest BCUT2D eigenvalue weighted by molar-refractivity contribution is 7.89. The highest BCUT2D eigenvalue weighted by Crippen LogP contribution is 2.29. The summed E-state index contributed by atoms with van der Waals surface area (Å²) in [7, 11) is -2.05. The van der Waals surface area contributed by atoms with Gasteiger partial charge in [0.25, 0.3) is 0 Å². The Morgan fingerprint density at radius 1 is 1.18 bits per heavy atom. The third-order valence-electron chi connectivity index (χ3n) is 4.29. The molecule has 0 saturated carbocycles. The van der Waals surface area contributed by atoms with Crippen molar-refractivity contribution in [3.05, 3.63) is 64.4 Å². The Labute approximate surface area is 170 Å². The van der Waals surface area contributed by atoms with Crippen molar-refractivity contribution in [1.29, 1.82) is 0 Å². The zero-order valence-corrected chi connectivity index (χ0v) is 17.5. The van der Waals surface area contributed by atoms with Gasteiger partial charge in [0.05, 0.1) is 4.90 Å². The lowest BCUT2D eigenvalue weighted by Crippen LogP contribution is -2.43. The fraction of sp³-hybridized carbons (Fsp3) is 0.316. The van der Waals surface area contributed by atoms with Crippen LogP contribution in [0.3, 0.4) is 0 Å². The van der Waals surface area contributed by atoms with Crippen LogP contribution in [0.5, 0.6) is 0 Å². The molecule has 0 unspecified atom stereocenters. The van der Waals surface area contributed by atoms with Gasteiger partial charge in [-0.3, -0.25) is 4.99 Å². The number of sulfonamides is 1. The number of aliphatic imine (C=N–C) groups is 1. The number of hydrogen-bond acceptors (Lipinski definition) is 3. The van der Waals surface area contributed by atoms with Crippen LogP contribution in [0.25, 0.3) is 0 Å². The summed E-state index contributed by atoms with van der Waals surface area (Å²) in [6.45, 7) is 4.96. The Morgan fingerprint density at radius 3 is 2.36 bits per heavy atom. The molecule has 0 heterocycles. The maximum atomic E-state index is 13.3. The average Bonchev–Trinajstić information content (AvgIpc) is 2.61. The summed E-state index contributed by atoms with van der Waals surface area (Å²) in [6, 6.07) is 10.7. The lowest BCUT2D eigenvalue weighted by molar-refractivity contribution is 0.507. The number of primary sulfonamides is 1. The highest BCUT2D eigenvalue weighted by Gasteiger charge is 2.24. The van der Waals surface area contributed by atoms with E-state index >= 15 is 0 Å². The van der Waals surface area contributed by atoms with Crippen LogP contribution in [0.4, 0.5) is 4.39 Å². The normalized spacial score (nSPS) is 12.7. The summed E-state index contributed by atoms with van der Waals surface area (Å²) in [5, 5.41) is 11.9. The Morgan fingerprint density at radius 2 is 1.82 bits per heavy atom. The predicted molar refractivity (Wildman–Crippen MR) is 110 cm³/mol. The van der Waals surface area contributed by atoms with E-state index in [0.717, 1.165) is 11.1 Å². The van der Waals surface area contributed by atoms with E-state index in [2.05, 4.69) is 15.6 Å². The van der Waals surface area contributed by atoms with Gasteiger partial charge in [-0.1, -0.05) is 43.6 Å². The van der Waals surface area contributed by atoms with E-state index in [1.165, 1.54) is 24.3 Å². The van der Waals surface area contributed by atoms with E-state index < -0.39 is 10.0 Å². The Kier molecular flexibility index (Phi) is 7.03. The van der Waals surface area contributed by atoms with Crippen molar-refractivity contribution < 1.29 is 12.8 Å². The van der Waals surface area contributed by atoms with Crippen molar-refractivity contribution in [3.8, 4) is 0 Å². The molecule has 0 aromatic heterocycles. The van der Waals surface area contributed by atoms with E-state index in [1.807, 2.05) is 13.8 Å². The molecule has 152 valence electrons. The molecule has 0 aliphatic heterocycles. The molecular formula is C19H24ClFN4O2S. The minimum absolute atomic E-state index is 0.0664. The van der Waals surface area contributed by atoms with Crippen molar-refractivity contribution in [2.75, 3.05) is 13.6 Å². The van der Waals surface area contributed by atoms with Crippen LogP contribution in [-0.2, 0) is 22.0 Å². The van der Waals surface area contributed by atoms with Crippen LogP contribution in [-0.4, -0.2) is 28.0 Å². The zero-order valence-electron chi connectivity index (χ0n) is 16.0. The molecule has 2 rings (SSSR count). The summed E-state index contributed by atoms with van der Waals surface area (Å²) in [4.78, 5) is 4.25. The maximum absolute atomic E-state index is 13.3. The zero-order chi connectivity index (χ0) is 20.9. The third kappa shape index (κ3) is 5.92. The molecule has 4 N–H and O–H groups in total. The fourth-order valence-corrected chi connectivity index (χ4v) is 3.58. The summed E-state index contributed by atoms with van der Waals surface area (Å²) in [5.74, 6) is 0.199. The van der Waals surface area contributed by atoms with Crippen LogP contribution in [0.1, 0.15) is 25.0 Å². The monoisotopic (exact) mass is 426 g/mol. The number of hydrogen-bond donors (Lipinski definition) is 3. The first-order chi connectivity index (χ1) is 13.0. The Hall–Kier alpha value is -2.16. The summed E-state index contributed by atoms with van der Waals surface area (Å²) < 4.78 is 35.9. The van der Waals surface area contributed by atoms with Crippen LogP contribution < -0.4 is 15.8 Å². The minimum atomic E-state index is -3.70. The molecule has 0 aliphatic carbocycles. The van der Waals surface area contributed by atoms with Crippen molar-refractivity contribution in [1.82, 2.24) is 10.6 Å². The number of guanidine groups is 1. The second kappa shape index (κ2) is 8.89. The van der Waals surface area contributed by atoms with Crippen molar-refractivity contribution >= 4 is 27.6 Å². The second-order valence-corrected chi connectivity index (χ2v) is 8.94. The molecule has 0 bridgehead atoms. The van der Waals surface area contributed by atoms with Gasteiger partial charge in [0.2, 0.25) is 10.0 Å². The quantitative estimate of drug-likeness (QED) is 0.488. The molecule has 0 aliphatic rings. The van der Waals surface area contributed by atoms with Gasteiger partial charge < -0.3 is 10.6 Å². The lowest BCUT2D eigenvalue weighted by atomic mass is 9.84. The highest BCUT2D eigenvalue weighted by atomic mass is 35.5. The van der Waals surface area contributed by atoms with Crippen LogP contribution in [0.15, 0.2) is 52.4 Å². The number of benzene rings is 2. The number of nitrogens with one attached hydrogen (secondary N) is 2. The molecule has 28 heavy (non-hydrogen) atoms. The van der Waals surface area contributed by atoms with Gasteiger partial charge in [-0.15, -0.1) is 0 Å². The molecule has 6 nitrogen and oxygen atoms in total. The van der Waals surface area contributed by atoms with Gasteiger partial charge in [0, 0.05) is 30.6 Å². The smallest absolute Gasteiger partial charge is 0.238 e. The molecule has 2 aromatic carbocycles. The first-order valence-corrected chi connectivity index (χ1v) is 10.5. The molecule has 0 fully saturated rings. The maximum Gasteiger partial charge on any atom is 0.238 e. The van der Waals surface area contributed by atoms with E-state index in [9.17, 15) is 12.8 Å². The van der Waals surface area contributed by atoms with Gasteiger partial charge in [-0.2, -0.15) is 0 Å². The molecule has 0 spiro atoms. The van der Waals surface area contributed by atoms with E-state index in [4.69, 9.17) is 16.7 Å². The molecular weight excluding hydrogens is 403 g/mol. The lowest BCUT2D eigenvalue weighted by Gasteiger charge is -2.27. The Balaban J connectivity index is 1.97. The van der Waals surface area contributed by atoms with Gasteiger partial charge >= 0.3 is 0 Å². The third-order valence-corrected chi connectivity index (χ3v) is 5.54. The fourth-order valence-electron chi connectivity index (χ4n) is 2.64. The van der Waals surface area contributed by atoms with Crippen molar-refractivity contribution in [2.24, 2.45) is 10.1 Å². The average molecular weight is 427 g/mol. The molecule has 0 radical (unpaired) electrons. The number of halogens is 2. The minimum Gasteiger partial charge on any atom is -0.356 e. The standard InChI is InChI=1S/C19H24ClFN4O2S/c1-19(2,16-9-6-14(21)10-17(16)20)12-25-18(23-3)24-11-13-4-7-15(8-5-13)28(22,26)27/h4-10H,11-12H2,1-3H3,(H2,22,26,27)(H2,23,24,25). The van der Waals surface area contributed by atoms with Crippen LogP contribution >= 0.6 is 11.6 Å². The number of rotatable bonds is 6. The second-order valence-electron chi connectivity index (χ2n) is 6.98. The summed E-state index contributed by atoms with van der Waals surface area (Å²) >= 11 is 6.18. The molecule has 0 amide bonds. The topological polar surface area (TPSA) is 96.6 Å². The molecule has 9 heteroatoms. The van der Waals surface area contributed by atoms with Gasteiger partial charge in [-0.05, 0) is 35.4 Å². The van der Waals surface area contributed by atoms with Crippen LogP contribution in [0.2, 0.25) is 5.02 Å². The predicted octanol–water partition coefficient (Wildman–Crippen LogP) is 2.77. The van der Waals surface area contributed by atoms with Gasteiger partial charge in [0.15, 0.2) is 5.96 Å². The first kappa shape index (κ1) is 22.1. The first-order valence-electron chi connectivity index (χ1n) is 8.55.